The third-order valence-corrected chi connectivity index (χ3v) is 5.51. The summed E-state index contributed by atoms with van der Waals surface area (Å²) >= 11 is 1.20. The van der Waals surface area contributed by atoms with Gasteiger partial charge in [0.05, 0.1) is 0 Å². The van der Waals surface area contributed by atoms with Gasteiger partial charge in [0.15, 0.2) is 11.6 Å². The Bertz CT molecular complexity index is 737. The lowest BCUT2D eigenvalue weighted by Gasteiger charge is -2.22. The quantitative estimate of drug-likeness (QED) is 0.739. The average Bonchev–Trinajstić information content (AvgIpc) is 3.46. The van der Waals surface area contributed by atoms with Crippen molar-refractivity contribution in [3.05, 3.63) is 65.7 Å². The van der Waals surface area contributed by atoms with Crippen molar-refractivity contribution in [2.75, 3.05) is 6.54 Å². The van der Waals surface area contributed by atoms with E-state index in [0.29, 0.717) is 17.4 Å². The van der Waals surface area contributed by atoms with E-state index in [0.717, 1.165) is 30.5 Å². The molecule has 6 heteroatoms. The van der Waals surface area contributed by atoms with Gasteiger partial charge in [0.1, 0.15) is 5.25 Å². The normalized spacial score (nSPS) is 16.3. The van der Waals surface area contributed by atoms with Crippen molar-refractivity contribution in [2.24, 2.45) is 11.7 Å². The summed E-state index contributed by atoms with van der Waals surface area (Å²) in [4.78, 5) is 13.3. The highest BCUT2D eigenvalue weighted by Gasteiger charge is 2.33. The Morgan fingerprint density at radius 2 is 1.88 bits per heavy atom. The summed E-state index contributed by atoms with van der Waals surface area (Å²) in [6.07, 6.45) is 2.16. The van der Waals surface area contributed by atoms with Gasteiger partial charge in [-0.1, -0.05) is 30.3 Å². The van der Waals surface area contributed by atoms with Gasteiger partial charge in [0.2, 0.25) is 5.91 Å². The van der Waals surface area contributed by atoms with E-state index in [4.69, 9.17) is 5.73 Å². The third kappa shape index (κ3) is 4.58. The lowest BCUT2D eigenvalue weighted by Crippen LogP contribution is -2.43. The van der Waals surface area contributed by atoms with Crippen LogP contribution in [0, 0.1) is 17.6 Å². The van der Waals surface area contributed by atoms with E-state index in [9.17, 15) is 13.6 Å². The molecule has 0 saturated heterocycles. The number of nitrogens with one attached hydrogen (secondary N) is 1. The Labute approximate surface area is 150 Å². The van der Waals surface area contributed by atoms with Gasteiger partial charge in [-0.25, -0.2) is 8.78 Å². The minimum Gasteiger partial charge on any atom is -0.351 e. The summed E-state index contributed by atoms with van der Waals surface area (Å²) in [5, 5.41) is 2.46. The number of thioether (sulfide) groups is 1. The van der Waals surface area contributed by atoms with Gasteiger partial charge in [0, 0.05) is 17.5 Å². The predicted octanol–water partition coefficient (Wildman–Crippen LogP) is 3.65. The van der Waals surface area contributed by atoms with Gasteiger partial charge in [-0.05, 0) is 42.5 Å². The van der Waals surface area contributed by atoms with Gasteiger partial charge in [-0.15, -0.1) is 11.8 Å². The van der Waals surface area contributed by atoms with E-state index in [1.807, 2.05) is 30.3 Å². The van der Waals surface area contributed by atoms with Crippen LogP contribution in [0.2, 0.25) is 0 Å². The lowest BCUT2D eigenvalue weighted by atomic mass is 10.1. The predicted molar refractivity (Wildman–Crippen MR) is 95.1 cm³/mol. The van der Waals surface area contributed by atoms with Crippen LogP contribution in [0.1, 0.15) is 23.7 Å². The van der Waals surface area contributed by atoms with Gasteiger partial charge < -0.3 is 11.1 Å². The van der Waals surface area contributed by atoms with Crippen molar-refractivity contribution in [3.63, 3.8) is 0 Å². The molecule has 0 bridgehead atoms. The molecule has 2 aromatic rings. The topological polar surface area (TPSA) is 55.1 Å². The number of nitrogens with two attached hydrogens (primary N) is 1. The highest BCUT2D eigenvalue weighted by molar-refractivity contribution is 8.00. The first-order valence-corrected chi connectivity index (χ1v) is 9.13. The SMILES string of the molecule is NCC(NC(=O)C(Sc1ccc(F)c(F)c1)c1ccccc1)C1CC1. The summed E-state index contributed by atoms with van der Waals surface area (Å²) in [6, 6.07) is 12.9. The average molecular weight is 362 g/mol. The Kier molecular flexibility index (Phi) is 5.71. The maximum Gasteiger partial charge on any atom is 0.238 e. The van der Waals surface area contributed by atoms with Crippen LogP contribution in [0.5, 0.6) is 0 Å². The van der Waals surface area contributed by atoms with Crippen LogP contribution in [0.15, 0.2) is 53.4 Å². The van der Waals surface area contributed by atoms with E-state index in [1.54, 1.807) is 0 Å². The highest BCUT2D eigenvalue weighted by Crippen LogP contribution is 2.37. The maximum atomic E-state index is 13.5. The summed E-state index contributed by atoms with van der Waals surface area (Å²) in [5.41, 5.74) is 6.58. The van der Waals surface area contributed by atoms with Crippen molar-refractivity contribution < 1.29 is 13.6 Å². The number of rotatable bonds is 7. The van der Waals surface area contributed by atoms with Crippen LogP contribution in [-0.2, 0) is 4.79 Å². The zero-order valence-corrected chi connectivity index (χ0v) is 14.4. The van der Waals surface area contributed by atoms with E-state index >= 15 is 0 Å². The van der Waals surface area contributed by atoms with Gasteiger partial charge in [-0.3, -0.25) is 4.79 Å². The molecule has 2 atom stereocenters. The minimum atomic E-state index is -0.921. The summed E-state index contributed by atoms with van der Waals surface area (Å²) in [6.45, 7) is 0.397. The molecule has 2 unspecified atom stereocenters. The molecule has 132 valence electrons. The molecule has 0 aromatic heterocycles. The molecule has 1 fully saturated rings. The zero-order valence-electron chi connectivity index (χ0n) is 13.6. The molecular formula is C19H20F2N2OS. The van der Waals surface area contributed by atoms with E-state index in [2.05, 4.69) is 5.32 Å². The molecule has 3 nitrogen and oxygen atoms in total. The first kappa shape index (κ1) is 17.9. The zero-order chi connectivity index (χ0) is 17.8. The van der Waals surface area contributed by atoms with E-state index in [1.165, 1.54) is 17.8 Å². The summed E-state index contributed by atoms with van der Waals surface area (Å²) in [7, 11) is 0. The summed E-state index contributed by atoms with van der Waals surface area (Å²) in [5.74, 6) is -1.54. The van der Waals surface area contributed by atoms with Crippen LogP contribution in [-0.4, -0.2) is 18.5 Å². The van der Waals surface area contributed by atoms with Crippen LogP contribution >= 0.6 is 11.8 Å². The molecule has 1 saturated carbocycles. The number of hydrogen-bond donors (Lipinski definition) is 2. The minimum absolute atomic E-state index is 0.0377. The van der Waals surface area contributed by atoms with Crippen molar-refractivity contribution in [3.8, 4) is 0 Å². The number of hydrogen-bond acceptors (Lipinski definition) is 3. The fourth-order valence-corrected chi connectivity index (χ4v) is 3.77. The number of amides is 1. The Balaban J connectivity index is 1.81. The largest absolute Gasteiger partial charge is 0.351 e. The maximum absolute atomic E-state index is 13.5. The molecule has 0 heterocycles. The number of carbonyl (C=O) groups is 1. The second-order valence-electron chi connectivity index (χ2n) is 6.17. The molecule has 1 aliphatic carbocycles. The molecule has 0 radical (unpaired) electrons. The van der Waals surface area contributed by atoms with Crippen molar-refractivity contribution >= 4 is 17.7 Å². The first-order valence-electron chi connectivity index (χ1n) is 8.25. The Hall–Kier alpha value is -1.92. The van der Waals surface area contributed by atoms with Crippen molar-refractivity contribution in [1.29, 1.82) is 0 Å². The van der Waals surface area contributed by atoms with Gasteiger partial charge in [-0.2, -0.15) is 0 Å². The monoisotopic (exact) mass is 362 g/mol. The standard InChI is InChI=1S/C19H20F2N2OS/c20-15-9-8-14(10-16(15)21)25-18(13-4-2-1-3-5-13)19(24)23-17(11-22)12-6-7-12/h1-5,8-10,12,17-18H,6-7,11,22H2,(H,23,24). The molecule has 1 aliphatic rings. The summed E-state index contributed by atoms with van der Waals surface area (Å²) < 4.78 is 26.7. The molecule has 25 heavy (non-hydrogen) atoms. The van der Waals surface area contributed by atoms with E-state index < -0.39 is 16.9 Å². The molecule has 1 amide bonds. The molecule has 3 rings (SSSR count). The molecule has 3 N–H and O–H groups in total. The number of benzene rings is 2. The van der Waals surface area contributed by atoms with E-state index in [-0.39, 0.29) is 11.9 Å². The van der Waals surface area contributed by atoms with Crippen LogP contribution < -0.4 is 11.1 Å². The molecule has 0 aliphatic heterocycles. The number of halogens is 2. The fourth-order valence-electron chi connectivity index (χ4n) is 2.71. The smallest absolute Gasteiger partial charge is 0.238 e. The van der Waals surface area contributed by atoms with Crippen LogP contribution in [0.25, 0.3) is 0 Å². The fraction of sp³-hybridized carbons (Fsp3) is 0.316. The number of carbonyl (C=O) groups excluding carboxylic acids is 1. The first-order chi connectivity index (χ1) is 12.1. The Morgan fingerprint density at radius 3 is 2.48 bits per heavy atom. The third-order valence-electron chi connectivity index (χ3n) is 4.26. The lowest BCUT2D eigenvalue weighted by molar-refractivity contribution is -0.121. The van der Waals surface area contributed by atoms with Crippen LogP contribution in [0.4, 0.5) is 8.78 Å². The van der Waals surface area contributed by atoms with Gasteiger partial charge >= 0.3 is 0 Å². The highest BCUT2D eigenvalue weighted by atomic mass is 32.2. The molecular weight excluding hydrogens is 342 g/mol. The molecule has 2 aromatic carbocycles. The van der Waals surface area contributed by atoms with Crippen molar-refractivity contribution in [2.45, 2.75) is 29.0 Å². The van der Waals surface area contributed by atoms with Crippen molar-refractivity contribution in [1.82, 2.24) is 5.32 Å². The second-order valence-corrected chi connectivity index (χ2v) is 7.35. The molecule has 0 spiro atoms. The van der Waals surface area contributed by atoms with Gasteiger partial charge in [0.25, 0.3) is 0 Å². The Morgan fingerprint density at radius 1 is 1.16 bits per heavy atom. The second kappa shape index (κ2) is 7.97. The van der Waals surface area contributed by atoms with Crippen LogP contribution in [0.3, 0.4) is 0 Å².